The number of methoxy groups -OCH3 is 1. The van der Waals surface area contributed by atoms with Gasteiger partial charge >= 0.3 is 5.97 Å². The second-order valence-electron chi connectivity index (χ2n) is 5.23. The normalized spacial score (nSPS) is 14.9. The van der Waals surface area contributed by atoms with E-state index in [1.807, 2.05) is 18.2 Å². The summed E-state index contributed by atoms with van der Waals surface area (Å²) in [6.45, 7) is 0. The molecule has 0 atom stereocenters. The van der Waals surface area contributed by atoms with Crippen LogP contribution in [0.25, 0.3) is 0 Å². The van der Waals surface area contributed by atoms with Crippen LogP contribution in [0.5, 0.6) is 0 Å². The largest absolute Gasteiger partial charge is 0.465 e. The molecule has 0 spiro atoms. The Hall–Kier alpha value is -1.49. The highest BCUT2D eigenvalue weighted by Gasteiger charge is 2.16. The maximum Gasteiger partial charge on any atom is 0.337 e. The summed E-state index contributed by atoms with van der Waals surface area (Å²) in [7, 11) is 1.37. The van der Waals surface area contributed by atoms with E-state index in [-0.39, 0.29) is 11.9 Å². The quantitative estimate of drug-likeness (QED) is 0.821. The molecule has 0 saturated heterocycles. The van der Waals surface area contributed by atoms with Crippen LogP contribution in [0.4, 0.5) is 0 Å². The van der Waals surface area contributed by atoms with Crippen LogP contribution >= 0.6 is 11.8 Å². The number of benzene rings is 1. The number of hydrogen-bond acceptors (Lipinski definition) is 4. The fourth-order valence-electron chi connectivity index (χ4n) is 2.51. The van der Waals surface area contributed by atoms with Crippen LogP contribution in [0.2, 0.25) is 0 Å². The van der Waals surface area contributed by atoms with Crippen molar-refractivity contribution < 1.29 is 14.3 Å². The van der Waals surface area contributed by atoms with Gasteiger partial charge < -0.3 is 10.1 Å². The van der Waals surface area contributed by atoms with Crippen LogP contribution in [-0.4, -0.2) is 30.8 Å². The van der Waals surface area contributed by atoms with E-state index in [0.717, 1.165) is 18.4 Å². The van der Waals surface area contributed by atoms with Gasteiger partial charge in [-0.05, 0) is 30.5 Å². The topological polar surface area (TPSA) is 55.4 Å². The summed E-state index contributed by atoms with van der Waals surface area (Å²) in [4.78, 5) is 23.3. The van der Waals surface area contributed by atoms with Crippen LogP contribution in [0.3, 0.4) is 0 Å². The van der Waals surface area contributed by atoms with E-state index < -0.39 is 0 Å². The average molecular weight is 307 g/mol. The molecule has 1 amide bonds. The van der Waals surface area contributed by atoms with Crippen LogP contribution in [-0.2, 0) is 15.3 Å². The molecule has 2 rings (SSSR count). The first-order valence-corrected chi connectivity index (χ1v) is 8.39. The molecule has 1 aromatic carbocycles. The Labute approximate surface area is 129 Å². The van der Waals surface area contributed by atoms with Crippen LogP contribution in [0.15, 0.2) is 24.3 Å². The zero-order chi connectivity index (χ0) is 15.1. The molecule has 0 radical (unpaired) electrons. The van der Waals surface area contributed by atoms with Crippen LogP contribution in [0, 0.1) is 0 Å². The molecule has 0 aromatic heterocycles. The van der Waals surface area contributed by atoms with Crippen molar-refractivity contribution in [2.24, 2.45) is 0 Å². The summed E-state index contributed by atoms with van der Waals surface area (Å²) in [6.07, 6.45) is 4.66. The summed E-state index contributed by atoms with van der Waals surface area (Å²) in [6, 6.07) is 7.70. The van der Waals surface area contributed by atoms with Gasteiger partial charge in [0.25, 0.3) is 0 Å². The number of carbonyl (C=O) groups is 2. The first kappa shape index (κ1) is 15.9. The van der Waals surface area contributed by atoms with Crippen molar-refractivity contribution in [3.05, 3.63) is 35.4 Å². The zero-order valence-corrected chi connectivity index (χ0v) is 13.1. The standard InChI is InChI=1S/C16H21NO3S/c1-20-16(19)13-6-4-5-12(9-13)10-21-11-15(18)17-14-7-2-3-8-14/h4-6,9,14H,2-3,7-8,10-11H2,1H3,(H,17,18). The molecule has 1 fully saturated rings. The van der Waals surface area contributed by atoms with Gasteiger partial charge in [-0.2, -0.15) is 0 Å². The number of ether oxygens (including phenoxy) is 1. The third-order valence-electron chi connectivity index (χ3n) is 3.57. The number of thioether (sulfide) groups is 1. The molecule has 0 aliphatic heterocycles. The number of amides is 1. The van der Waals surface area contributed by atoms with Crippen LogP contribution in [0.1, 0.15) is 41.6 Å². The predicted molar refractivity (Wildman–Crippen MR) is 84.3 cm³/mol. The minimum Gasteiger partial charge on any atom is -0.465 e. The molecule has 1 saturated carbocycles. The molecule has 0 bridgehead atoms. The van der Waals surface area contributed by atoms with Gasteiger partial charge in [-0.25, -0.2) is 4.79 Å². The predicted octanol–water partition coefficient (Wildman–Crippen LogP) is 2.77. The van der Waals surface area contributed by atoms with Gasteiger partial charge in [-0.15, -0.1) is 11.8 Å². The second kappa shape index (κ2) is 8.08. The lowest BCUT2D eigenvalue weighted by Gasteiger charge is -2.11. The Kier molecular flexibility index (Phi) is 6.11. The Morgan fingerprint density at radius 1 is 1.33 bits per heavy atom. The lowest BCUT2D eigenvalue weighted by Crippen LogP contribution is -2.33. The van der Waals surface area contributed by atoms with Crippen LogP contribution < -0.4 is 5.32 Å². The molecule has 1 aliphatic rings. The molecule has 21 heavy (non-hydrogen) atoms. The fourth-order valence-corrected chi connectivity index (χ4v) is 3.29. The molecular formula is C16H21NO3S. The average Bonchev–Trinajstić information content (AvgIpc) is 2.99. The highest BCUT2D eigenvalue weighted by Crippen LogP contribution is 2.18. The first-order valence-electron chi connectivity index (χ1n) is 7.23. The molecule has 5 heteroatoms. The molecule has 1 N–H and O–H groups in total. The van der Waals surface area contributed by atoms with E-state index in [1.54, 1.807) is 17.8 Å². The molecule has 0 unspecified atom stereocenters. The van der Waals surface area contributed by atoms with Crippen molar-refractivity contribution in [1.82, 2.24) is 5.32 Å². The van der Waals surface area contributed by atoms with Gasteiger partial charge in [-0.1, -0.05) is 25.0 Å². The highest BCUT2D eigenvalue weighted by atomic mass is 32.2. The lowest BCUT2D eigenvalue weighted by atomic mass is 10.1. The summed E-state index contributed by atoms with van der Waals surface area (Å²) in [5.41, 5.74) is 1.57. The van der Waals surface area contributed by atoms with Crippen molar-refractivity contribution in [3.63, 3.8) is 0 Å². The fraction of sp³-hybridized carbons (Fsp3) is 0.500. The van der Waals surface area contributed by atoms with Crippen molar-refractivity contribution in [2.45, 2.75) is 37.5 Å². The number of carbonyl (C=O) groups excluding carboxylic acids is 2. The molecule has 1 aromatic rings. The SMILES string of the molecule is COC(=O)c1cccc(CSCC(=O)NC2CCCC2)c1. The first-order chi connectivity index (χ1) is 10.2. The Bertz CT molecular complexity index is 498. The monoisotopic (exact) mass is 307 g/mol. The summed E-state index contributed by atoms with van der Waals surface area (Å²) in [5.74, 6) is 0.943. The van der Waals surface area contributed by atoms with Gasteiger partial charge in [0.1, 0.15) is 0 Å². The number of hydrogen-bond donors (Lipinski definition) is 1. The van der Waals surface area contributed by atoms with Gasteiger partial charge in [0.05, 0.1) is 18.4 Å². The van der Waals surface area contributed by atoms with E-state index in [2.05, 4.69) is 5.32 Å². The van der Waals surface area contributed by atoms with Crippen molar-refractivity contribution in [1.29, 1.82) is 0 Å². The number of nitrogens with one attached hydrogen (secondary N) is 1. The maximum atomic E-state index is 11.8. The van der Waals surface area contributed by atoms with Gasteiger partial charge in [0.2, 0.25) is 5.91 Å². The summed E-state index contributed by atoms with van der Waals surface area (Å²) in [5, 5.41) is 3.07. The molecule has 4 nitrogen and oxygen atoms in total. The third-order valence-corrected chi connectivity index (χ3v) is 4.57. The third kappa shape index (κ3) is 5.08. The van der Waals surface area contributed by atoms with Gasteiger partial charge in [0, 0.05) is 11.8 Å². The van der Waals surface area contributed by atoms with Crippen molar-refractivity contribution in [3.8, 4) is 0 Å². The smallest absolute Gasteiger partial charge is 0.337 e. The minimum atomic E-state index is -0.333. The number of esters is 1. The van der Waals surface area contributed by atoms with Gasteiger partial charge in [0.15, 0.2) is 0 Å². The Morgan fingerprint density at radius 3 is 2.81 bits per heavy atom. The molecular weight excluding hydrogens is 286 g/mol. The molecule has 0 heterocycles. The summed E-state index contributed by atoms with van der Waals surface area (Å²) < 4.78 is 4.70. The Morgan fingerprint density at radius 2 is 2.10 bits per heavy atom. The van der Waals surface area contributed by atoms with E-state index in [1.165, 1.54) is 20.0 Å². The number of rotatable bonds is 6. The van der Waals surface area contributed by atoms with Crippen molar-refractivity contribution in [2.75, 3.05) is 12.9 Å². The van der Waals surface area contributed by atoms with E-state index >= 15 is 0 Å². The molecule has 114 valence electrons. The maximum absolute atomic E-state index is 11.8. The Balaban J connectivity index is 1.75. The minimum absolute atomic E-state index is 0.107. The van der Waals surface area contributed by atoms with E-state index in [9.17, 15) is 9.59 Å². The zero-order valence-electron chi connectivity index (χ0n) is 12.3. The van der Waals surface area contributed by atoms with E-state index in [4.69, 9.17) is 4.74 Å². The van der Waals surface area contributed by atoms with E-state index in [0.29, 0.717) is 23.1 Å². The second-order valence-corrected chi connectivity index (χ2v) is 6.22. The highest BCUT2D eigenvalue weighted by molar-refractivity contribution is 7.99. The van der Waals surface area contributed by atoms with Gasteiger partial charge in [-0.3, -0.25) is 4.79 Å². The lowest BCUT2D eigenvalue weighted by molar-refractivity contribution is -0.119. The molecule has 1 aliphatic carbocycles. The van der Waals surface area contributed by atoms with Crippen molar-refractivity contribution >= 4 is 23.6 Å². The summed E-state index contributed by atoms with van der Waals surface area (Å²) >= 11 is 1.56.